The molecule has 1 aromatic heterocycles. The average molecular weight is 498 g/mol. The van der Waals surface area contributed by atoms with E-state index in [4.69, 9.17) is 11.6 Å². The molecule has 0 aliphatic carbocycles. The predicted molar refractivity (Wildman–Crippen MR) is 133 cm³/mol. The van der Waals surface area contributed by atoms with Gasteiger partial charge >= 0.3 is 0 Å². The number of nitrogens with one attached hydrogen (secondary N) is 4. The standard InChI is InChI=1S/C25H28ClN5O4/c1-2-27-25(35)24-22(23(30-31-24)17-11-18(26)20(33)12-19(17)32)15-7-5-14(6-8-15)13-29-21(34)10-16-4-3-9-28-16/h5-8,11-12,16,28,32-33H,2-4,9-10,13H2,1H3,(H,27,35)(H,29,34)(H,30,31)/t16-/m0/s1. The van der Waals surface area contributed by atoms with Crippen LogP contribution in [-0.2, 0) is 11.3 Å². The zero-order chi connectivity index (χ0) is 24.9. The number of aromatic hydroxyl groups is 2. The molecular formula is C25H28ClN5O4. The first-order chi connectivity index (χ1) is 16.9. The molecule has 9 nitrogen and oxygen atoms in total. The van der Waals surface area contributed by atoms with Crippen molar-refractivity contribution in [3.63, 3.8) is 0 Å². The number of phenolic OH excluding ortho intramolecular Hbond substituents is 2. The quantitative estimate of drug-likeness (QED) is 0.282. The highest BCUT2D eigenvalue weighted by molar-refractivity contribution is 6.32. The van der Waals surface area contributed by atoms with E-state index in [1.54, 1.807) is 0 Å². The van der Waals surface area contributed by atoms with Crippen LogP contribution in [0.15, 0.2) is 36.4 Å². The minimum Gasteiger partial charge on any atom is -0.507 e. The Morgan fingerprint density at radius 1 is 1.14 bits per heavy atom. The Morgan fingerprint density at radius 2 is 1.91 bits per heavy atom. The fourth-order valence-corrected chi connectivity index (χ4v) is 4.35. The minimum atomic E-state index is -0.345. The van der Waals surface area contributed by atoms with Gasteiger partial charge in [0.2, 0.25) is 5.91 Å². The van der Waals surface area contributed by atoms with Crippen LogP contribution >= 0.6 is 11.6 Å². The van der Waals surface area contributed by atoms with Gasteiger partial charge in [0.05, 0.1) is 5.02 Å². The van der Waals surface area contributed by atoms with E-state index >= 15 is 0 Å². The number of benzene rings is 2. The van der Waals surface area contributed by atoms with Gasteiger partial charge in [0, 0.05) is 42.7 Å². The highest BCUT2D eigenvalue weighted by Gasteiger charge is 2.24. The number of amides is 2. The van der Waals surface area contributed by atoms with Crippen molar-refractivity contribution in [2.45, 2.75) is 38.8 Å². The van der Waals surface area contributed by atoms with E-state index in [1.807, 2.05) is 31.2 Å². The first-order valence-electron chi connectivity index (χ1n) is 11.5. The van der Waals surface area contributed by atoms with Gasteiger partial charge in [-0.1, -0.05) is 35.9 Å². The fourth-order valence-electron chi connectivity index (χ4n) is 4.19. The van der Waals surface area contributed by atoms with Crippen LogP contribution in [0.4, 0.5) is 0 Å². The summed E-state index contributed by atoms with van der Waals surface area (Å²) in [6, 6.07) is 10.2. The first-order valence-corrected chi connectivity index (χ1v) is 11.9. The summed E-state index contributed by atoms with van der Waals surface area (Å²) in [6.45, 7) is 3.59. The summed E-state index contributed by atoms with van der Waals surface area (Å²) in [5.74, 6) is -0.825. The van der Waals surface area contributed by atoms with Gasteiger partial charge in [-0.2, -0.15) is 5.10 Å². The number of nitrogens with zero attached hydrogens (tertiary/aromatic N) is 1. The van der Waals surface area contributed by atoms with Crippen LogP contribution in [0.25, 0.3) is 22.4 Å². The van der Waals surface area contributed by atoms with Crippen LogP contribution in [-0.4, -0.2) is 51.4 Å². The van der Waals surface area contributed by atoms with E-state index in [0.717, 1.165) is 31.0 Å². The SMILES string of the molecule is CCNC(=O)c1[nH]nc(-c2cc(Cl)c(O)cc2O)c1-c1ccc(CNC(=O)C[C@@H]2CCCN2)cc1. The van der Waals surface area contributed by atoms with Crippen molar-refractivity contribution in [1.29, 1.82) is 0 Å². The van der Waals surface area contributed by atoms with Gasteiger partial charge in [-0.05, 0) is 43.5 Å². The van der Waals surface area contributed by atoms with Gasteiger partial charge in [-0.25, -0.2) is 0 Å². The van der Waals surface area contributed by atoms with Crippen LogP contribution < -0.4 is 16.0 Å². The number of phenols is 2. The molecule has 1 saturated heterocycles. The van der Waals surface area contributed by atoms with Crippen molar-refractivity contribution in [3.05, 3.63) is 52.7 Å². The largest absolute Gasteiger partial charge is 0.507 e. The lowest BCUT2D eigenvalue weighted by Gasteiger charge is -2.12. The molecule has 1 atom stereocenters. The van der Waals surface area contributed by atoms with Gasteiger partial charge in [0.1, 0.15) is 22.9 Å². The van der Waals surface area contributed by atoms with Gasteiger partial charge in [0.25, 0.3) is 5.91 Å². The van der Waals surface area contributed by atoms with Crippen LogP contribution in [0.2, 0.25) is 5.02 Å². The third-order valence-corrected chi connectivity index (χ3v) is 6.28. The lowest BCUT2D eigenvalue weighted by molar-refractivity contribution is -0.121. The second kappa shape index (κ2) is 10.8. The third kappa shape index (κ3) is 5.58. The Labute approximate surface area is 207 Å². The molecule has 10 heteroatoms. The molecule has 1 fully saturated rings. The van der Waals surface area contributed by atoms with Crippen molar-refractivity contribution in [1.82, 2.24) is 26.1 Å². The van der Waals surface area contributed by atoms with E-state index in [-0.39, 0.29) is 45.6 Å². The Morgan fingerprint density at radius 3 is 2.60 bits per heavy atom. The number of carbonyl (C=O) groups is 2. The van der Waals surface area contributed by atoms with Crippen LogP contribution in [0.1, 0.15) is 42.2 Å². The number of aromatic amines is 1. The number of halogens is 1. The third-order valence-electron chi connectivity index (χ3n) is 5.98. The maximum absolute atomic E-state index is 12.7. The Bertz CT molecular complexity index is 1220. The van der Waals surface area contributed by atoms with Crippen LogP contribution in [0.5, 0.6) is 11.5 Å². The molecule has 1 aliphatic rings. The molecule has 0 radical (unpaired) electrons. The minimum absolute atomic E-state index is 0.00352. The lowest BCUT2D eigenvalue weighted by atomic mass is 9.97. The molecule has 0 unspecified atom stereocenters. The first kappa shape index (κ1) is 24.6. The van der Waals surface area contributed by atoms with E-state index < -0.39 is 0 Å². The zero-order valence-corrected chi connectivity index (χ0v) is 20.1. The maximum atomic E-state index is 12.7. The summed E-state index contributed by atoms with van der Waals surface area (Å²) in [5.41, 5.74) is 2.89. The number of hydrogen-bond acceptors (Lipinski definition) is 6. The fraction of sp³-hybridized carbons (Fsp3) is 0.320. The smallest absolute Gasteiger partial charge is 0.269 e. The highest BCUT2D eigenvalue weighted by atomic mass is 35.5. The average Bonchev–Trinajstić information content (AvgIpc) is 3.51. The second-order valence-corrected chi connectivity index (χ2v) is 8.88. The molecular weight excluding hydrogens is 470 g/mol. The lowest BCUT2D eigenvalue weighted by Crippen LogP contribution is -2.31. The van der Waals surface area contributed by atoms with Gasteiger partial charge in [-0.15, -0.1) is 0 Å². The summed E-state index contributed by atoms with van der Waals surface area (Å²) in [5, 5.41) is 36.4. The molecule has 1 aliphatic heterocycles. The number of aromatic nitrogens is 2. The van der Waals surface area contributed by atoms with Crippen LogP contribution in [0, 0.1) is 0 Å². The molecule has 6 N–H and O–H groups in total. The molecule has 0 spiro atoms. The summed E-state index contributed by atoms with van der Waals surface area (Å²) in [6.07, 6.45) is 2.58. The maximum Gasteiger partial charge on any atom is 0.269 e. The molecule has 3 aromatic rings. The van der Waals surface area contributed by atoms with E-state index in [1.165, 1.54) is 6.07 Å². The van der Waals surface area contributed by atoms with Gasteiger partial charge in [-0.3, -0.25) is 14.7 Å². The second-order valence-electron chi connectivity index (χ2n) is 8.47. The molecule has 2 heterocycles. The van der Waals surface area contributed by atoms with Crippen molar-refractivity contribution in [2.75, 3.05) is 13.1 Å². The molecule has 0 saturated carbocycles. The van der Waals surface area contributed by atoms with Crippen molar-refractivity contribution in [2.24, 2.45) is 0 Å². The van der Waals surface area contributed by atoms with E-state index in [0.29, 0.717) is 36.3 Å². The van der Waals surface area contributed by atoms with Gasteiger partial charge in [0.15, 0.2) is 0 Å². The molecule has 0 bridgehead atoms. The molecule has 35 heavy (non-hydrogen) atoms. The Hall–Kier alpha value is -3.56. The number of rotatable bonds is 8. The van der Waals surface area contributed by atoms with Crippen molar-refractivity contribution < 1.29 is 19.8 Å². The topological polar surface area (TPSA) is 139 Å². The van der Waals surface area contributed by atoms with E-state index in [2.05, 4.69) is 26.1 Å². The Balaban J connectivity index is 1.60. The summed E-state index contributed by atoms with van der Waals surface area (Å²) in [4.78, 5) is 24.9. The molecule has 184 valence electrons. The predicted octanol–water partition coefficient (Wildman–Crippen LogP) is 3.32. The summed E-state index contributed by atoms with van der Waals surface area (Å²) < 4.78 is 0. The van der Waals surface area contributed by atoms with E-state index in [9.17, 15) is 19.8 Å². The van der Waals surface area contributed by atoms with Gasteiger partial charge < -0.3 is 26.2 Å². The number of H-pyrrole nitrogens is 1. The highest BCUT2D eigenvalue weighted by Crippen LogP contribution is 2.41. The van der Waals surface area contributed by atoms with Crippen molar-refractivity contribution in [3.8, 4) is 33.9 Å². The zero-order valence-electron chi connectivity index (χ0n) is 19.3. The number of carbonyl (C=O) groups excluding carboxylic acids is 2. The molecule has 2 aromatic carbocycles. The molecule has 4 rings (SSSR count). The monoisotopic (exact) mass is 497 g/mol. The number of hydrogen-bond donors (Lipinski definition) is 6. The van der Waals surface area contributed by atoms with Crippen LogP contribution in [0.3, 0.4) is 0 Å². The van der Waals surface area contributed by atoms with Crippen molar-refractivity contribution >= 4 is 23.4 Å². The normalized spacial score (nSPS) is 15.2. The Kier molecular flexibility index (Phi) is 7.57. The molecule has 2 amide bonds. The summed E-state index contributed by atoms with van der Waals surface area (Å²) in [7, 11) is 0. The summed E-state index contributed by atoms with van der Waals surface area (Å²) >= 11 is 6.07.